The summed E-state index contributed by atoms with van der Waals surface area (Å²) >= 11 is 0. The monoisotopic (exact) mass is 280 g/mol. The minimum atomic E-state index is -0.0764. The highest BCUT2D eigenvalue weighted by Crippen LogP contribution is 2.27. The number of likely N-dealkylation sites (N-methyl/N-ethyl adjacent to an activating group) is 2. The molecule has 0 aliphatic carbocycles. The number of aromatic hydroxyl groups is 2. The Kier molecular flexibility index (Phi) is 5.82. The molecule has 5 nitrogen and oxygen atoms in total. The first kappa shape index (κ1) is 16.3. The van der Waals surface area contributed by atoms with E-state index in [4.69, 9.17) is 0 Å². The molecule has 1 aromatic rings. The summed E-state index contributed by atoms with van der Waals surface area (Å²) < 4.78 is 0. The molecule has 1 unspecified atom stereocenters. The van der Waals surface area contributed by atoms with Gasteiger partial charge in [-0.1, -0.05) is 0 Å². The summed E-state index contributed by atoms with van der Waals surface area (Å²) in [6, 6.07) is 4.41. The maximum atomic E-state index is 12.1. The Morgan fingerprint density at radius 1 is 1.15 bits per heavy atom. The number of phenols is 2. The van der Waals surface area contributed by atoms with Gasteiger partial charge in [-0.2, -0.15) is 0 Å². The first-order chi connectivity index (χ1) is 9.38. The van der Waals surface area contributed by atoms with Gasteiger partial charge in [-0.15, -0.1) is 0 Å². The summed E-state index contributed by atoms with van der Waals surface area (Å²) in [5, 5.41) is 19.0. The number of phenolic OH excluding ortho intramolecular Hbond substituents is 2. The fourth-order valence-electron chi connectivity index (χ4n) is 2.14. The van der Waals surface area contributed by atoms with Crippen molar-refractivity contribution in [2.45, 2.75) is 26.8 Å². The Bertz CT molecular complexity index is 438. The number of amides is 1. The largest absolute Gasteiger partial charge is 0.508 e. The second-order valence-corrected chi connectivity index (χ2v) is 4.94. The van der Waals surface area contributed by atoms with Crippen molar-refractivity contribution in [1.29, 1.82) is 0 Å². The molecular formula is C15H24N2O3. The van der Waals surface area contributed by atoms with Gasteiger partial charge in [0.25, 0.3) is 0 Å². The lowest BCUT2D eigenvalue weighted by Crippen LogP contribution is -2.39. The van der Waals surface area contributed by atoms with Crippen LogP contribution in [-0.4, -0.2) is 52.6 Å². The van der Waals surface area contributed by atoms with Gasteiger partial charge in [0, 0.05) is 25.2 Å². The first-order valence-electron chi connectivity index (χ1n) is 6.89. The predicted octanol–water partition coefficient (Wildman–Crippen LogP) is 1.96. The fourth-order valence-corrected chi connectivity index (χ4v) is 2.14. The average Bonchev–Trinajstić information content (AvgIpc) is 2.37. The normalized spacial score (nSPS) is 12.4. The standard InChI is InChI=1S/C15H24N2O3/c1-5-17(6-2)15(20)10-16(4)11(3)12-7-13(18)9-14(19)8-12/h7-9,11,18-19H,5-6,10H2,1-4H3. The van der Waals surface area contributed by atoms with Crippen LogP contribution in [0.15, 0.2) is 18.2 Å². The summed E-state index contributed by atoms with van der Waals surface area (Å²) in [6.07, 6.45) is 0. The third-order valence-corrected chi connectivity index (χ3v) is 3.57. The number of nitrogens with zero attached hydrogens (tertiary/aromatic N) is 2. The Labute approximate surface area is 120 Å². The highest BCUT2D eigenvalue weighted by molar-refractivity contribution is 5.78. The molecule has 0 radical (unpaired) electrons. The van der Waals surface area contributed by atoms with Gasteiger partial charge in [-0.3, -0.25) is 9.69 Å². The molecule has 0 bridgehead atoms. The molecule has 0 aromatic heterocycles. The number of hydrogen-bond acceptors (Lipinski definition) is 4. The van der Waals surface area contributed by atoms with Crippen LogP contribution in [0, 0.1) is 0 Å². The summed E-state index contributed by atoms with van der Waals surface area (Å²) in [5.41, 5.74) is 0.775. The van der Waals surface area contributed by atoms with E-state index >= 15 is 0 Å². The average molecular weight is 280 g/mol. The van der Waals surface area contributed by atoms with Crippen molar-refractivity contribution in [3.63, 3.8) is 0 Å². The molecule has 1 atom stereocenters. The SMILES string of the molecule is CCN(CC)C(=O)CN(C)C(C)c1cc(O)cc(O)c1. The Morgan fingerprint density at radius 2 is 1.65 bits per heavy atom. The zero-order valence-electron chi connectivity index (χ0n) is 12.6. The lowest BCUT2D eigenvalue weighted by Gasteiger charge is -2.27. The van der Waals surface area contributed by atoms with Crippen LogP contribution < -0.4 is 0 Å². The first-order valence-corrected chi connectivity index (χ1v) is 6.89. The van der Waals surface area contributed by atoms with Crippen LogP contribution in [0.3, 0.4) is 0 Å². The topological polar surface area (TPSA) is 64.0 Å². The van der Waals surface area contributed by atoms with E-state index in [1.54, 1.807) is 17.0 Å². The maximum absolute atomic E-state index is 12.1. The minimum Gasteiger partial charge on any atom is -0.508 e. The van der Waals surface area contributed by atoms with Crippen molar-refractivity contribution in [3.8, 4) is 11.5 Å². The second-order valence-electron chi connectivity index (χ2n) is 4.94. The summed E-state index contributed by atoms with van der Waals surface area (Å²) in [4.78, 5) is 15.7. The molecule has 112 valence electrons. The van der Waals surface area contributed by atoms with E-state index < -0.39 is 0 Å². The number of carbonyl (C=O) groups excluding carboxylic acids is 1. The van der Waals surface area contributed by atoms with E-state index in [1.807, 2.05) is 32.7 Å². The van der Waals surface area contributed by atoms with Gasteiger partial charge in [0.2, 0.25) is 5.91 Å². The molecule has 1 aromatic carbocycles. The molecule has 5 heteroatoms. The third-order valence-electron chi connectivity index (χ3n) is 3.57. The van der Waals surface area contributed by atoms with Crippen molar-refractivity contribution >= 4 is 5.91 Å². The van der Waals surface area contributed by atoms with E-state index in [2.05, 4.69) is 0 Å². The molecule has 1 amide bonds. The zero-order valence-corrected chi connectivity index (χ0v) is 12.6. The van der Waals surface area contributed by atoms with Crippen LogP contribution in [0.2, 0.25) is 0 Å². The minimum absolute atomic E-state index is 0.0234. The van der Waals surface area contributed by atoms with Crippen LogP contribution in [0.4, 0.5) is 0 Å². The van der Waals surface area contributed by atoms with E-state index in [9.17, 15) is 15.0 Å². The lowest BCUT2D eigenvalue weighted by atomic mass is 10.1. The summed E-state index contributed by atoms with van der Waals surface area (Å²) in [7, 11) is 1.85. The van der Waals surface area contributed by atoms with Gasteiger partial charge in [-0.25, -0.2) is 0 Å². The van der Waals surface area contributed by atoms with Gasteiger partial charge in [0.1, 0.15) is 11.5 Å². The Morgan fingerprint density at radius 3 is 2.10 bits per heavy atom. The van der Waals surface area contributed by atoms with E-state index in [0.717, 1.165) is 5.56 Å². The summed E-state index contributed by atoms with van der Waals surface area (Å²) in [6.45, 7) is 7.55. The van der Waals surface area contributed by atoms with Crippen molar-refractivity contribution < 1.29 is 15.0 Å². The third kappa shape index (κ3) is 4.13. The Balaban J connectivity index is 2.76. The van der Waals surface area contributed by atoms with Gasteiger partial charge < -0.3 is 15.1 Å². The fraction of sp³-hybridized carbons (Fsp3) is 0.533. The van der Waals surface area contributed by atoms with Gasteiger partial charge in [0.05, 0.1) is 6.54 Å². The number of hydrogen-bond donors (Lipinski definition) is 2. The van der Waals surface area contributed by atoms with Crippen LogP contribution >= 0.6 is 0 Å². The van der Waals surface area contributed by atoms with E-state index in [0.29, 0.717) is 19.6 Å². The molecule has 20 heavy (non-hydrogen) atoms. The van der Waals surface area contributed by atoms with Crippen molar-refractivity contribution in [3.05, 3.63) is 23.8 Å². The van der Waals surface area contributed by atoms with Crippen LogP contribution in [0.5, 0.6) is 11.5 Å². The molecule has 0 aliphatic rings. The molecule has 0 fully saturated rings. The second kappa shape index (κ2) is 7.14. The lowest BCUT2D eigenvalue weighted by molar-refractivity contribution is -0.132. The highest BCUT2D eigenvalue weighted by atomic mass is 16.3. The molecule has 1 rings (SSSR count). The highest BCUT2D eigenvalue weighted by Gasteiger charge is 2.18. The van der Waals surface area contributed by atoms with Crippen molar-refractivity contribution in [2.75, 3.05) is 26.7 Å². The number of benzene rings is 1. The Hall–Kier alpha value is -1.75. The zero-order chi connectivity index (χ0) is 15.3. The molecule has 0 saturated carbocycles. The molecule has 2 N–H and O–H groups in total. The van der Waals surface area contributed by atoms with Crippen molar-refractivity contribution in [2.24, 2.45) is 0 Å². The number of carbonyl (C=O) groups is 1. The molecule has 0 aliphatic heterocycles. The van der Waals surface area contributed by atoms with Crippen molar-refractivity contribution in [1.82, 2.24) is 9.80 Å². The summed E-state index contributed by atoms with van der Waals surface area (Å²) in [5.74, 6) is 0.124. The predicted molar refractivity (Wildman–Crippen MR) is 78.7 cm³/mol. The molecule has 0 spiro atoms. The smallest absolute Gasteiger partial charge is 0.236 e. The van der Waals surface area contributed by atoms with E-state index in [1.165, 1.54) is 6.07 Å². The van der Waals surface area contributed by atoms with Crippen LogP contribution in [-0.2, 0) is 4.79 Å². The van der Waals surface area contributed by atoms with Gasteiger partial charge >= 0.3 is 0 Å². The molecular weight excluding hydrogens is 256 g/mol. The maximum Gasteiger partial charge on any atom is 0.236 e. The molecule has 0 heterocycles. The van der Waals surface area contributed by atoms with Crippen LogP contribution in [0.25, 0.3) is 0 Å². The van der Waals surface area contributed by atoms with Gasteiger partial charge in [-0.05, 0) is 45.5 Å². The van der Waals surface area contributed by atoms with Gasteiger partial charge in [0.15, 0.2) is 0 Å². The quantitative estimate of drug-likeness (QED) is 0.836. The van der Waals surface area contributed by atoms with Crippen LogP contribution in [0.1, 0.15) is 32.4 Å². The number of rotatable bonds is 6. The molecule has 0 saturated heterocycles. The van der Waals surface area contributed by atoms with E-state index in [-0.39, 0.29) is 23.4 Å².